The Morgan fingerprint density at radius 3 is 2.74 bits per heavy atom. The number of aromatic nitrogens is 1. The molecule has 1 aromatic heterocycles. The summed E-state index contributed by atoms with van der Waals surface area (Å²) in [6.45, 7) is 5.82. The standard InChI is InChI=1S/C15H19N3O/c1-11-3-4-13-12(9-11)10-14(16-13)15(19)18-7-5-17(2)6-8-18/h3-4,9-10,16H,5-8H2,1-2H3/p+1. The third-order valence-corrected chi connectivity index (χ3v) is 3.91. The number of aromatic amines is 1. The zero-order valence-corrected chi connectivity index (χ0v) is 11.5. The van der Waals surface area contributed by atoms with Crippen molar-refractivity contribution in [3.05, 3.63) is 35.5 Å². The fourth-order valence-corrected chi connectivity index (χ4v) is 2.63. The highest BCUT2D eigenvalue weighted by Gasteiger charge is 2.23. The van der Waals surface area contributed by atoms with Gasteiger partial charge in [0, 0.05) is 10.9 Å². The number of fused-ring (bicyclic) bond motifs is 1. The van der Waals surface area contributed by atoms with Crippen molar-refractivity contribution in [3.8, 4) is 0 Å². The number of benzene rings is 1. The molecule has 2 N–H and O–H groups in total. The first-order valence-electron chi connectivity index (χ1n) is 6.83. The minimum Gasteiger partial charge on any atom is -0.351 e. The number of nitrogens with zero attached hydrogens (tertiary/aromatic N) is 1. The van der Waals surface area contributed by atoms with Crippen molar-refractivity contribution in [3.63, 3.8) is 0 Å². The number of nitrogens with one attached hydrogen (secondary N) is 2. The van der Waals surface area contributed by atoms with E-state index in [9.17, 15) is 4.79 Å². The Hall–Kier alpha value is -1.81. The molecule has 0 saturated carbocycles. The molecular formula is C15H20N3O+. The second-order valence-electron chi connectivity index (χ2n) is 5.52. The number of hydrogen-bond donors (Lipinski definition) is 2. The Kier molecular flexibility index (Phi) is 3.03. The molecule has 2 heterocycles. The van der Waals surface area contributed by atoms with Crippen LogP contribution in [0.15, 0.2) is 24.3 Å². The summed E-state index contributed by atoms with van der Waals surface area (Å²) in [7, 11) is 2.17. The predicted octanol–water partition coefficient (Wildman–Crippen LogP) is 0.447. The molecule has 3 rings (SSSR count). The van der Waals surface area contributed by atoms with Crippen LogP contribution in [0.25, 0.3) is 10.9 Å². The summed E-state index contributed by atoms with van der Waals surface area (Å²) in [5.41, 5.74) is 2.96. The molecule has 1 aliphatic rings. The molecule has 4 heteroatoms. The number of hydrogen-bond acceptors (Lipinski definition) is 1. The van der Waals surface area contributed by atoms with E-state index in [0.717, 1.165) is 37.1 Å². The lowest BCUT2D eigenvalue weighted by Gasteiger charge is -2.29. The van der Waals surface area contributed by atoms with Crippen LogP contribution < -0.4 is 4.90 Å². The molecule has 1 fully saturated rings. The van der Waals surface area contributed by atoms with E-state index in [2.05, 4.69) is 31.1 Å². The van der Waals surface area contributed by atoms with Crippen LogP contribution in [-0.4, -0.2) is 49.0 Å². The summed E-state index contributed by atoms with van der Waals surface area (Å²) in [5, 5.41) is 1.11. The first kappa shape index (κ1) is 12.2. The molecule has 1 saturated heterocycles. The Balaban J connectivity index is 1.85. The van der Waals surface area contributed by atoms with Gasteiger partial charge < -0.3 is 14.8 Å². The minimum atomic E-state index is 0.126. The number of carbonyl (C=O) groups is 1. The average Bonchev–Trinajstić information content (AvgIpc) is 2.81. The van der Waals surface area contributed by atoms with Crippen LogP contribution in [0.1, 0.15) is 16.1 Å². The van der Waals surface area contributed by atoms with E-state index in [-0.39, 0.29) is 5.91 Å². The first-order chi connectivity index (χ1) is 9.13. The third-order valence-electron chi connectivity index (χ3n) is 3.91. The molecule has 100 valence electrons. The molecule has 0 spiro atoms. The lowest BCUT2D eigenvalue weighted by atomic mass is 10.2. The van der Waals surface area contributed by atoms with Gasteiger partial charge in [-0.15, -0.1) is 0 Å². The van der Waals surface area contributed by atoms with Crippen molar-refractivity contribution in [2.24, 2.45) is 0 Å². The lowest BCUT2D eigenvalue weighted by Crippen LogP contribution is -3.12. The van der Waals surface area contributed by atoms with Gasteiger partial charge in [-0.05, 0) is 25.1 Å². The van der Waals surface area contributed by atoms with Crippen molar-refractivity contribution in [2.75, 3.05) is 33.2 Å². The normalized spacial score (nSPS) is 17.1. The van der Waals surface area contributed by atoms with Crippen molar-refractivity contribution < 1.29 is 9.69 Å². The average molecular weight is 258 g/mol. The summed E-state index contributed by atoms with van der Waals surface area (Å²) < 4.78 is 0. The number of carbonyl (C=O) groups excluding carboxylic acids is 1. The van der Waals surface area contributed by atoms with Crippen LogP contribution in [0.5, 0.6) is 0 Å². The molecule has 0 bridgehead atoms. The van der Waals surface area contributed by atoms with Crippen LogP contribution >= 0.6 is 0 Å². The zero-order chi connectivity index (χ0) is 13.4. The molecular weight excluding hydrogens is 238 g/mol. The molecule has 0 unspecified atom stereocenters. The number of piperazine rings is 1. The maximum atomic E-state index is 12.4. The van der Waals surface area contributed by atoms with Crippen molar-refractivity contribution in [1.29, 1.82) is 0 Å². The maximum Gasteiger partial charge on any atom is 0.270 e. The Bertz CT molecular complexity index is 609. The molecule has 1 amide bonds. The fraction of sp³-hybridized carbons (Fsp3) is 0.400. The van der Waals surface area contributed by atoms with Crippen molar-refractivity contribution >= 4 is 16.8 Å². The number of rotatable bonds is 1. The van der Waals surface area contributed by atoms with Crippen LogP contribution in [0.4, 0.5) is 0 Å². The molecule has 0 atom stereocenters. The monoisotopic (exact) mass is 258 g/mol. The van der Waals surface area contributed by atoms with E-state index in [0.29, 0.717) is 5.69 Å². The Labute approximate surface area is 113 Å². The highest BCUT2D eigenvalue weighted by molar-refractivity contribution is 5.98. The molecule has 2 aromatic rings. The van der Waals surface area contributed by atoms with Crippen LogP contribution in [0.3, 0.4) is 0 Å². The molecule has 1 aromatic carbocycles. The van der Waals surface area contributed by atoms with E-state index in [1.807, 2.05) is 17.0 Å². The van der Waals surface area contributed by atoms with Gasteiger partial charge in [0.1, 0.15) is 5.69 Å². The lowest BCUT2D eigenvalue weighted by molar-refractivity contribution is -0.883. The van der Waals surface area contributed by atoms with E-state index < -0.39 is 0 Å². The van der Waals surface area contributed by atoms with Gasteiger partial charge in [0.2, 0.25) is 0 Å². The van der Waals surface area contributed by atoms with Gasteiger partial charge in [-0.25, -0.2) is 0 Å². The Morgan fingerprint density at radius 2 is 2.00 bits per heavy atom. The molecule has 1 aliphatic heterocycles. The molecule has 0 radical (unpaired) electrons. The minimum absolute atomic E-state index is 0.126. The fourth-order valence-electron chi connectivity index (χ4n) is 2.63. The second kappa shape index (κ2) is 4.70. The van der Waals surface area contributed by atoms with Crippen LogP contribution in [-0.2, 0) is 0 Å². The van der Waals surface area contributed by atoms with Gasteiger partial charge in [0.05, 0.1) is 33.2 Å². The van der Waals surface area contributed by atoms with Crippen LogP contribution in [0.2, 0.25) is 0 Å². The van der Waals surface area contributed by atoms with Crippen molar-refractivity contribution in [2.45, 2.75) is 6.92 Å². The summed E-state index contributed by atoms with van der Waals surface area (Å²) in [4.78, 5) is 19.1. The summed E-state index contributed by atoms with van der Waals surface area (Å²) in [6, 6.07) is 8.18. The zero-order valence-electron chi connectivity index (χ0n) is 11.5. The van der Waals surface area contributed by atoms with E-state index in [4.69, 9.17) is 0 Å². The second-order valence-corrected chi connectivity index (χ2v) is 5.52. The quantitative estimate of drug-likeness (QED) is 0.766. The van der Waals surface area contributed by atoms with E-state index in [1.54, 1.807) is 0 Å². The molecule has 19 heavy (non-hydrogen) atoms. The topological polar surface area (TPSA) is 40.5 Å². The van der Waals surface area contributed by atoms with Gasteiger partial charge in [0.15, 0.2) is 0 Å². The summed E-state index contributed by atoms with van der Waals surface area (Å²) in [5.74, 6) is 0.126. The number of amides is 1. The SMILES string of the molecule is Cc1ccc2[nH]c(C(=O)N3CC[NH+](C)CC3)cc2c1. The smallest absolute Gasteiger partial charge is 0.270 e. The van der Waals surface area contributed by atoms with Gasteiger partial charge >= 0.3 is 0 Å². The van der Waals surface area contributed by atoms with Gasteiger partial charge in [-0.3, -0.25) is 4.79 Å². The van der Waals surface area contributed by atoms with Gasteiger partial charge in [-0.1, -0.05) is 11.6 Å². The van der Waals surface area contributed by atoms with Gasteiger partial charge in [-0.2, -0.15) is 0 Å². The number of aryl methyl sites for hydroxylation is 1. The highest BCUT2D eigenvalue weighted by Crippen LogP contribution is 2.18. The summed E-state index contributed by atoms with van der Waals surface area (Å²) >= 11 is 0. The number of quaternary nitrogens is 1. The maximum absolute atomic E-state index is 12.4. The summed E-state index contributed by atoms with van der Waals surface area (Å²) in [6.07, 6.45) is 0. The number of H-pyrrole nitrogens is 1. The van der Waals surface area contributed by atoms with Crippen LogP contribution in [0, 0.1) is 6.92 Å². The first-order valence-corrected chi connectivity index (χ1v) is 6.83. The van der Waals surface area contributed by atoms with Gasteiger partial charge in [0.25, 0.3) is 5.91 Å². The highest BCUT2D eigenvalue weighted by atomic mass is 16.2. The van der Waals surface area contributed by atoms with E-state index in [1.165, 1.54) is 10.5 Å². The molecule has 4 nitrogen and oxygen atoms in total. The molecule has 0 aliphatic carbocycles. The van der Waals surface area contributed by atoms with E-state index >= 15 is 0 Å². The third kappa shape index (κ3) is 2.36. The Morgan fingerprint density at radius 1 is 1.26 bits per heavy atom. The van der Waals surface area contributed by atoms with Crippen molar-refractivity contribution in [1.82, 2.24) is 9.88 Å². The largest absolute Gasteiger partial charge is 0.351 e. The number of likely N-dealkylation sites (N-methyl/N-ethyl adjacent to an activating group) is 1. The predicted molar refractivity (Wildman–Crippen MR) is 75.6 cm³/mol.